The van der Waals surface area contributed by atoms with Crippen LogP contribution in [0, 0.1) is 5.41 Å². The predicted molar refractivity (Wildman–Crippen MR) is 95.7 cm³/mol. The Morgan fingerprint density at radius 1 is 1.09 bits per heavy atom. The van der Waals surface area contributed by atoms with Crippen molar-refractivity contribution >= 4 is 17.3 Å². The van der Waals surface area contributed by atoms with Gasteiger partial charge in [-0.25, -0.2) is 0 Å². The Kier molecular flexibility index (Phi) is 5.21. The van der Waals surface area contributed by atoms with Crippen LogP contribution in [0.2, 0.25) is 0 Å². The highest BCUT2D eigenvalue weighted by atomic mass is 16.1. The second-order valence-electron chi connectivity index (χ2n) is 7.20. The SMILES string of the molecule is NCC1(CC(=O)Nc2ccccc2N2CCCC2)CCCCC1. The van der Waals surface area contributed by atoms with Gasteiger partial charge in [-0.2, -0.15) is 0 Å². The van der Waals surface area contributed by atoms with E-state index in [0.29, 0.717) is 13.0 Å². The number of benzene rings is 1. The van der Waals surface area contributed by atoms with E-state index < -0.39 is 0 Å². The lowest BCUT2D eigenvalue weighted by Crippen LogP contribution is -2.36. The summed E-state index contributed by atoms with van der Waals surface area (Å²) in [5, 5.41) is 3.16. The Morgan fingerprint density at radius 2 is 1.78 bits per heavy atom. The molecule has 1 aliphatic carbocycles. The van der Waals surface area contributed by atoms with E-state index in [1.165, 1.54) is 32.1 Å². The normalized spacial score (nSPS) is 20.5. The Balaban J connectivity index is 1.68. The first-order valence-electron chi connectivity index (χ1n) is 9.06. The Hall–Kier alpha value is -1.55. The fourth-order valence-electron chi connectivity index (χ4n) is 4.10. The number of nitrogens with zero attached hydrogens (tertiary/aromatic N) is 1. The molecule has 1 aliphatic heterocycles. The van der Waals surface area contributed by atoms with Gasteiger partial charge >= 0.3 is 0 Å². The molecule has 1 aromatic rings. The summed E-state index contributed by atoms with van der Waals surface area (Å²) in [6.45, 7) is 2.79. The Bertz CT molecular complexity index is 531. The van der Waals surface area contributed by atoms with Gasteiger partial charge in [0.15, 0.2) is 0 Å². The summed E-state index contributed by atoms with van der Waals surface area (Å²) in [4.78, 5) is 15.0. The van der Waals surface area contributed by atoms with E-state index in [1.807, 2.05) is 18.2 Å². The number of hydrogen-bond acceptors (Lipinski definition) is 3. The number of nitrogens with two attached hydrogens (primary N) is 1. The third-order valence-electron chi connectivity index (χ3n) is 5.51. The third kappa shape index (κ3) is 3.86. The van der Waals surface area contributed by atoms with Crippen molar-refractivity contribution in [2.24, 2.45) is 11.1 Å². The topological polar surface area (TPSA) is 58.4 Å². The number of carbonyl (C=O) groups excluding carboxylic acids is 1. The van der Waals surface area contributed by atoms with Crippen molar-refractivity contribution in [2.75, 3.05) is 29.9 Å². The molecule has 3 N–H and O–H groups in total. The van der Waals surface area contributed by atoms with Gasteiger partial charge in [0.25, 0.3) is 0 Å². The van der Waals surface area contributed by atoms with Crippen LogP contribution in [0.1, 0.15) is 51.4 Å². The van der Waals surface area contributed by atoms with Gasteiger partial charge in [-0.3, -0.25) is 4.79 Å². The molecule has 0 aromatic heterocycles. The lowest BCUT2D eigenvalue weighted by molar-refractivity contribution is -0.118. The van der Waals surface area contributed by atoms with Crippen molar-refractivity contribution in [3.8, 4) is 0 Å². The molecule has 0 spiro atoms. The molecule has 4 heteroatoms. The Morgan fingerprint density at radius 3 is 2.48 bits per heavy atom. The smallest absolute Gasteiger partial charge is 0.225 e. The van der Waals surface area contributed by atoms with Crippen LogP contribution in [-0.4, -0.2) is 25.5 Å². The summed E-state index contributed by atoms with van der Waals surface area (Å²) in [5.74, 6) is 0.115. The number of carbonyl (C=O) groups is 1. The highest BCUT2D eigenvalue weighted by Gasteiger charge is 2.33. The van der Waals surface area contributed by atoms with E-state index in [4.69, 9.17) is 5.73 Å². The van der Waals surface area contributed by atoms with Crippen LogP contribution < -0.4 is 16.0 Å². The molecule has 0 atom stereocenters. The molecule has 2 aliphatic rings. The quantitative estimate of drug-likeness (QED) is 0.874. The fraction of sp³-hybridized carbons (Fsp3) is 0.632. The lowest BCUT2D eigenvalue weighted by Gasteiger charge is -2.35. The fourth-order valence-corrected chi connectivity index (χ4v) is 4.10. The molecule has 1 saturated carbocycles. The van der Waals surface area contributed by atoms with E-state index >= 15 is 0 Å². The molecule has 0 radical (unpaired) electrons. The first-order valence-corrected chi connectivity index (χ1v) is 9.06. The monoisotopic (exact) mass is 315 g/mol. The maximum Gasteiger partial charge on any atom is 0.225 e. The average molecular weight is 315 g/mol. The molecule has 1 heterocycles. The van der Waals surface area contributed by atoms with E-state index in [1.54, 1.807) is 0 Å². The van der Waals surface area contributed by atoms with Crippen molar-refractivity contribution in [1.82, 2.24) is 0 Å². The molecular weight excluding hydrogens is 286 g/mol. The van der Waals surface area contributed by atoms with Gasteiger partial charge in [-0.1, -0.05) is 31.4 Å². The van der Waals surface area contributed by atoms with E-state index in [2.05, 4.69) is 16.3 Å². The largest absolute Gasteiger partial charge is 0.370 e. The molecular formula is C19H29N3O. The standard InChI is InChI=1S/C19H29N3O/c20-15-19(10-4-1-5-11-19)14-18(23)21-16-8-2-3-9-17(16)22-12-6-7-13-22/h2-3,8-9H,1,4-7,10-15,20H2,(H,21,23). The zero-order valence-corrected chi connectivity index (χ0v) is 14.0. The van der Waals surface area contributed by atoms with Crippen LogP contribution in [0.5, 0.6) is 0 Å². The zero-order valence-electron chi connectivity index (χ0n) is 14.0. The molecule has 1 aromatic carbocycles. The summed E-state index contributed by atoms with van der Waals surface area (Å²) in [6, 6.07) is 8.17. The minimum atomic E-state index is 0.0188. The van der Waals surface area contributed by atoms with E-state index in [0.717, 1.165) is 37.3 Å². The van der Waals surface area contributed by atoms with Gasteiger partial charge in [0.1, 0.15) is 0 Å². The van der Waals surface area contributed by atoms with Gasteiger partial charge in [0.2, 0.25) is 5.91 Å². The van der Waals surface area contributed by atoms with Crippen LogP contribution in [0.4, 0.5) is 11.4 Å². The minimum absolute atomic E-state index is 0.0188. The lowest BCUT2D eigenvalue weighted by atomic mass is 9.71. The zero-order chi connectivity index (χ0) is 16.1. The highest BCUT2D eigenvalue weighted by Crippen LogP contribution is 2.39. The summed E-state index contributed by atoms with van der Waals surface area (Å²) in [6.07, 6.45) is 8.88. The number of para-hydroxylation sites is 2. The number of anilines is 2. The molecule has 1 amide bonds. The van der Waals surface area contributed by atoms with Gasteiger partial charge in [-0.15, -0.1) is 0 Å². The maximum absolute atomic E-state index is 12.6. The van der Waals surface area contributed by atoms with Gasteiger partial charge in [0.05, 0.1) is 11.4 Å². The summed E-state index contributed by atoms with van der Waals surface area (Å²) < 4.78 is 0. The van der Waals surface area contributed by atoms with Crippen LogP contribution in [0.15, 0.2) is 24.3 Å². The Labute approximate surface area is 139 Å². The number of nitrogens with one attached hydrogen (secondary N) is 1. The summed E-state index contributed by atoms with van der Waals surface area (Å²) in [5.41, 5.74) is 8.14. The molecule has 3 rings (SSSR count). The number of hydrogen-bond donors (Lipinski definition) is 2. The number of rotatable bonds is 5. The minimum Gasteiger partial charge on any atom is -0.370 e. The van der Waals surface area contributed by atoms with Crippen LogP contribution in [-0.2, 0) is 4.79 Å². The molecule has 4 nitrogen and oxygen atoms in total. The van der Waals surface area contributed by atoms with Crippen LogP contribution in [0.3, 0.4) is 0 Å². The van der Waals surface area contributed by atoms with E-state index in [9.17, 15) is 4.79 Å². The van der Waals surface area contributed by atoms with Gasteiger partial charge in [-0.05, 0) is 49.8 Å². The third-order valence-corrected chi connectivity index (χ3v) is 5.51. The van der Waals surface area contributed by atoms with Crippen molar-refractivity contribution in [3.05, 3.63) is 24.3 Å². The van der Waals surface area contributed by atoms with Crippen molar-refractivity contribution in [1.29, 1.82) is 0 Å². The summed E-state index contributed by atoms with van der Waals surface area (Å²) >= 11 is 0. The molecule has 23 heavy (non-hydrogen) atoms. The maximum atomic E-state index is 12.6. The number of amides is 1. The second kappa shape index (κ2) is 7.35. The van der Waals surface area contributed by atoms with Crippen molar-refractivity contribution in [2.45, 2.75) is 51.4 Å². The van der Waals surface area contributed by atoms with Gasteiger partial charge < -0.3 is 16.0 Å². The molecule has 1 saturated heterocycles. The first kappa shape index (κ1) is 16.3. The highest BCUT2D eigenvalue weighted by molar-refractivity contribution is 5.94. The van der Waals surface area contributed by atoms with E-state index in [-0.39, 0.29) is 11.3 Å². The molecule has 2 fully saturated rings. The van der Waals surface area contributed by atoms with Gasteiger partial charge in [0, 0.05) is 19.5 Å². The molecule has 0 unspecified atom stereocenters. The molecule has 126 valence electrons. The van der Waals surface area contributed by atoms with Crippen LogP contribution >= 0.6 is 0 Å². The first-order chi connectivity index (χ1) is 11.2. The molecule has 0 bridgehead atoms. The van der Waals surface area contributed by atoms with Crippen LogP contribution in [0.25, 0.3) is 0 Å². The summed E-state index contributed by atoms with van der Waals surface area (Å²) in [7, 11) is 0. The van der Waals surface area contributed by atoms with Crippen molar-refractivity contribution < 1.29 is 4.79 Å². The van der Waals surface area contributed by atoms with Crippen molar-refractivity contribution in [3.63, 3.8) is 0 Å². The predicted octanol–water partition coefficient (Wildman–Crippen LogP) is 3.52. The average Bonchev–Trinajstić information content (AvgIpc) is 3.10. The second-order valence-corrected chi connectivity index (χ2v) is 7.20.